The first-order chi connectivity index (χ1) is 22.3. The van der Waals surface area contributed by atoms with Crippen LogP contribution >= 0.6 is 0 Å². The molecule has 0 amide bonds. The first-order valence-corrected chi connectivity index (χ1v) is 14.8. The van der Waals surface area contributed by atoms with Crippen LogP contribution in [0.4, 0.5) is 0 Å². The van der Waals surface area contributed by atoms with Crippen LogP contribution < -0.4 is 0 Å². The molecule has 0 aliphatic rings. The number of fused-ring (bicyclic) bond motifs is 3. The summed E-state index contributed by atoms with van der Waals surface area (Å²) in [5.41, 5.74) is 8.15. The van der Waals surface area contributed by atoms with Crippen molar-refractivity contribution in [1.82, 2.24) is 19.5 Å². The van der Waals surface area contributed by atoms with Gasteiger partial charge in [-0.25, -0.2) is 15.0 Å². The summed E-state index contributed by atoms with van der Waals surface area (Å²) in [5, 5.41) is 12.8. The first-order valence-electron chi connectivity index (χ1n) is 14.8. The van der Waals surface area contributed by atoms with Gasteiger partial charge in [0.1, 0.15) is 6.07 Å². The molecular weight excluding hydrogens is 550 g/mol. The number of hydrogen-bond donors (Lipinski definition) is 0. The van der Waals surface area contributed by atoms with E-state index >= 15 is 0 Å². The molecule has 2 heterocycles. The van der Waals surface area contributed by atoms with Gasteiger partial charge in [0.2, 0.25) is 0 Å². The van der Waals surface area contributed by atoms with Gasteiger partial charge in [-0.05, 0) is 23.8 Å². The Morgan fingerprint density at radius 1 is 0.422 bits per heavy atom. The van der Waals surface area contributed by atoms with Crippen LogP contribution in [0.3, 0.4) is 0 Å². The van der Waals surface area contributed by atoms with Gasteiger partial charge in [-0.15, -0.1) is 0 Å². The molecule has 0 saturated carbocycles. The Morgan fingerprint density at radius 3 is 1.38 bits per heavy atom. The Balaban J connectivity index is 1.24. The summed E-state index contributed by atoms with van der Waals surface area (Å²) in [7, 11) is 0. The summed E-state index contributed by atoms with van der Waals surface area (Å²) in [6, 6.07) is 53.3. The molecule has 0 spiro atoms. The van der Waals surface area contributed by atoms with Crippen molar-refractivity contribution in [2.75, 3.05) is 0 Å². The number of rotatable bonds is 5. The lowest BCUT2D eigenvalue weighted by atomic mass is 9.97. The highest BCUT2D eigenvalue weighted by atomic mass is 15.0. The molecule has 0 bridgehead atoms. The third-order valence-corrected chi connectivity index (χ3v) is 8.13. The van der Waals surface area contributed by atoms with Gasteiger partial charge < -0.3 is 4.57 Å². The third kappa shape index (κ3) is 4.62. The standard InChI is InChI=1S/C40H25N5/c41-26-34-31(18-11-21-37(34)45-35-19-9-7-16-32(35)33-17-8-10-20-36(33)45)27-22-24-30(25-23-27)40-43-38(28-12-3-1-4-13-28)42-39(44-40)29-14-5-2-6-15-29/h1-25H. The maximum Gasteiger partial charge on any atom is 0.164 e. The summed E-state index contributed by atoms with van der Waals surface area (Å²) in [4.78, 5) is 14.5. The van der Waals surface area contributed by atoms with Crippen molar-refractivity contribution >= 4 is 21.8 Å². The Labute approximate surface area is 260 Å². The van der Waals surface area contributed by atoms with Gasteiger partial charge in [0.15, 0.2) is 17.5 Å². The fourth-order valence-electron chi connectivity index (χ4n) is 6.00. The molecule has 0 atom stereocenters. The fourth-order valence-corrected chi connectivity index (χ4v) is 6.00. The van der Waals surface area contributed by atoms with E-state index in [2.05, 4.69) is 47.0 Å². The first kappa shape index (κ1) is 26.3. The van der Waals surface area contributed by atoms with Crippen LogP contribution in [0, 0.1) is 11.3 Å². The van der Waals surface area contributed by atoms with Crippen LogP contribution in [0.5, 0.6) is 0 Å². The average molecular weight is 576 g/mol. The molecule has 0 N–H and O–H groups in total. The predicted octanol–water partition coefficient (Wildman–Crippen LogP) is 9.51. The molecule has 2 aromatic heterocycles. The molecule has 210 valence electrons. The highest BCUT2D eigenvalue weighted by molar-refractivity contribution is 6.09. The summed E-state index contributed by atoms with van der Waals surface area (Å²) in [6.07, 6.45) is 0. The average Bonchev–Trinajstić information content (AvgIpc) is 3.46. The Kier molecular flexibility index (Phi) is 6.44. The van der Waals surface area contributed by atoms with E-state index in [9.17, 15) is 5.26 Å². The number of para-hydroxylation sites is 2. The topological polar surface area (TPSA) is 67.4 Å². The van der Waals surface area contributed by atoms with Crippen molar-refractivity contribution in [2.24, 2.45) is 0 Å². The second-order valence-electron chi connectivity index (χ2n) is 10.8. The van der Waals surface area contributed by atoms with Crippen LogP contribution in [0.2, 0.25) is 0 Å². The molecular formula is C40H25N5. The summed E-state index contributed by atoms with van der Waals surface area (Å²) < 4.78 is 2.20. The van der Waals surface area contributed by atoms with E-state index in [1.165, 1.54) is 0 Å². The molecule has 0 aliphatic carbocycles. The van der Waals surface area contributed by atoms with E-state index in [-0.39, 0.29) is 0 Å². The maximum atomic E-state index is 10.5. The largest absolute Gasteiger partial charge is 0.308 e. The van der Waals surface area contributed by atoms with Gasteiger partial charge in [-0.3, -0.25) is 0 Å². The Morgan fingerprint density at radius 2 is 0.867 bits per heavy atom. The van der Waals surface area contributed by atoms with E-state index in [0.29, 0.717) is 23.0 Å². The van der Waals surface area contributed by atoms with Crippen molar-refractivity contribution in [3.63, 3.8) is 0 Å². The fraction of sp³-hybridized carbons (Fsp3) is 0. The van der Waals surface area contributed by atoms with Crippen molar-refractivity contribution in [2.45, 2.75) is 0 Å². The number of benzene rings is 6. The Bertz CT molecular complexity index is 2260. The van der Waals surface area contributed by atoms with Gasteiger partial charge >= 0.3 is 0 Å². The van der Waals surface area contributed by atoms with Crippen LogP contribution in [-0.2, 0) is 0 Å². The minimum atomic E-state index is 0.591. The van der Waals surface area contributed by atoms with Crippen molar-refractivity contribution in [3.8, 4) is 57.0 Å². The second kappa shape index (κ2) is 11.0. The summed E-state index contributed by atoms with van der Waals surface area (Å²) in [5.74, 6) is 1.83. The zero-order valence-electron chi connectivity index (χ0n) is 24.2. The molecule has 0 saturated heterocycles. The lowest BCUT2D eigenvalue weighted by Crippen LogP contribution is -2.00. The van der Waals surface area contributed by atoms with Crippen molar-refractivity contribution in [1.29, 1.82) is 5.26 Å². The molecule has 0 fully saturated rings. The lowest BCUT2D eigenvalue weighted by molar-refractivity contribution is 1.07. The molecule has 0 unspecified atom stereocenters. The maximum absolute atomic E-state index is 10.5. The lowest BCUT2D eigenvalue weighted by Gasteiger charge is -2.14. The Hall–Kier alpha value is -6.38. The number of aromatic nitrogens is 4. The molecule has 5 heteroatoms. The SMILES string of the molecule is N#Cc1c(-c2ccc(-c3nc(-c4ccccc4)nc(-c4ccccc4)n3)cc2)cccc1-n1c2ccccc2c2ccccc21. The normalized spacial score (nSPS) is 11.1. The quantitative estimate of drug-likeness (QED) is 0.205. The molecule has 8 aromatic rings. The zero-order valence-corrected chi connectivity index (χ0v) is 24.2. The van der Waals surface area contributed by atoms with E-state index in [0.717, 1.165) is 55.3 Å². The van der Waals surface area contributed by atoms with E-state index in [4.69, 9.17) is 15.0 Å². The van der Waals surface area contributed by atoms with Gasteiger partial charge in [0.05, 0.1) is 22.3 Å². The van der Waals surface area contributed by atoms with Crippen LogP contribution in [0.25, 0.3) is 72.8 Å². The molecule has 8 rings (SSSR count). The van der Waals surface area contributed by atoms with Crippen molar-refractivity contribution in [3.05, 3.63) is 157 Å². The summed E-state index contributed by atoms with van der Waals surface area (Å²) in [6.45, 7) is 0. The number of nitrogens with zero attached hydrogens (tertiary/aromatic N) is 5. The molecule has 0 aliphatic heterocycles. The zero-order chi connectivity index (χ0) is 30.2. The highest BCUT2D eigenvalue weighted by Crippen LogP contribution is 2.36. The van der Waals surface area contributed by atoms with Crippen molar-refractivity contribution < 1.29 is 0 Å². The number of nitriles is 1. The van der Waals surface area contributed by atoms with Crippen LogP contribution in [0.1, 0.15) is 5.56 Å². The van der Waals surface area contributed by atoms with E-state index < -0.39 is 0 Å². The van der Waals surface area contributed by atoms with E-state index in [1.807, 2.05) is 115 Å². The van der Waals surface area contributed by atoms with Gasteiger partial charge in [-0.1, -0.05) is 133 Å². The van der Waals surface area contributed by atoms with Crippen LogP contribution in [-0.4, -0.2) is 19.5 Å². The van der Waals surface area contributed by atoms with Gasteiger partial charge in [-0.2, -0.15) is 5.26 Å². The predicted molar refractivity (Wildman–Crippen MR) is 181 cm³/mol. The second-order valence-corrected chi connectivity index (χ2v) is 10.8. The molecule has 0 radical (unpaired) electrons. The molecule has 5 nitrogen and oxygen atoms in total. The minimum Gasteiger partial charge on any atom is -0.308 e. The monoisotopic (exact) mass is 575 g/mol. The molecule has 6 aromatic carbocycles. The van der Waals surface area contributed by atoms with E-state index in [1.54, 1.807) is 0 Å². The van der Waals surface area contributed by atoms with Gasteiger partial charge in [0, 0.05) is 33.0 Å². The minimum absolute atomic E-state index is 0.591. The van der Waals surface area contributed by atoms with Crippen LogP contribution in [0.15, 0.2) is 152 Å². The smallest absolute Gasteiger partial charge is 0.164 e. The molecule has 45 heavy (non-hydrogen) atoms. The summed E-state index contributed by atoms with van der Waals surface area (Å²) >= 11 is 0. The number of hydrogen-bond acceptors (Lipinski definition) is 4. The highest BCUT2D eigenvalue weighted by Gasteiger charge is 2.18. The third-order valence-electron chi connectivity index (χ3n) is 8.13. The van der Waals surface area contributed by atoms with Gasteiger partial charge in [0.25, 0.3) is 0 Å².